The predicted molar refractivity (Wildman–Crippen MR) is 82.3 cm³/mol. The standard InChI is InChI=1S/C16H25N3O2/c17-10-13-1-3-14(4-2-13)15(20)11-19-7-5-12(6-8-19)9-16(18)21/h1-4,12,15,20H,5-11,17H2,(H2,18,21). The van der Waals surface area contributed by atoms with Crippen LogP contribution in [0.1, 0.15) is 36.5 Å². The fraction of sp³-hybridized carbons (Fsp3) is 0.562. The summed E-state index contributed by atoms with van der Waals surface area (Å²) < 4.78 is 0. The first-order valence-electron chi connectivity index (χ1n) is 7.56. The van der Waals surface area contributed by atoms with E-state index < -0.39 is 6.10 Å². The van der Waals surface area contributed by atoms with E-state index >= 15 is 0 Å². The van der Waals surface area contributed by atoms with Crippen LogP contribution in [-0.2, 0) is 11.3 Å². The number of likely N-dealkylation sites (tertiary alicyclic amines) is 1. The van der Waals surface area contributed by atoms with Gasteiger partial charge in [-0.2, -0.15) is 0 Å². The van der Waals surface area contributed by atoms with Gasteiger partial charge in [0.1, 0.15) is 0 Å². The number of hydrogen-bond acceptors (Lipinski definition) is 4. The molecule has 1 aromatic carbocycles. The average Bonchev–Trinajstić information content (AvgIpc) is 2.49. The number of nitrogens with two attached hydrogens (primary N) is 2. The number of β-amino-alcohol motifs (C(OH)–C–C–N with tert-alkyl or cyclic N) is 1. The minimum Gasteiger partial charge on any atom is -0.387 e. The largest absolute Gasteiger partial charge is 0.387 e. The number of aliphatic hydroxyl groups is 1. The Morgan fingerprint density at radius 3 is 2.43 bits per heavy atom. The van der Waals surface area contributed by atoms with Crippen molar-refractivity contribution >= 4 is 5.91 Å². The van der Waals surface area contributed by atoms with Gasteiger partial charge in [-0.15, -0.1) is 0 Å². The summed E-state index contributed by atoms with van der Waals surface area (Å²) >= 11 is 0. The molecule has 1 fully saturated rings. The lowest BCUT2D eigenvalue weighted by Gasteiger charge is -2.32. The molecule has 0 spiro atoms. The molecule has 5 heteroatoms. The summed E-state index contributed by atoms with van der Waals surface area (Å²) in [5.74, 6) is 0.188. The predicted octanol–water partition coefficient (Wildman–Crippen LogP) is 0.766. The molecular formula is C16H25N3O2. The number of piperidine rings is 1. The fourth-order valence-electron chi connectivity index (χ4n) is 2.88. The van der Waals surface area contributed by atoms with Crippen molar-refractivity contribution in [2.45, 2.75) is 31.9 Å². The van der Waals surface area contributed by atoms with Crippen molar-refractivity contribution < 1.29 is 9.90 Å². The van der Waals surface area contributed by atoms with E-state index in [-0.39, 0.29) is 5.91 Å². The third-order valence-electron chi connectivity index (χ3n) is 4.23. The SMILES string of the molecule is NCc1ccc(C(O)CN2CCC(CC(N)=O)CC2)cc1. The number of aliphatic hydroxyl groups excluding tert-OH is 1. The van der Waals surface area contributed by atoms with Crippen LogP contribution in [0.2, 0.25) is 0 Å². The van der Waals surface area contributed by atoms with Crippen LogP contribution in [0.15, 0.2) is 24.3 Å². The van der Waals surface area contributed by atoms with Crippen molar-refractivity contribution in [1.82, 2.24) is 4.90 Å². The summed E-state index contributed by atoms with van der Waals surface area (Å²) in [6.45, 7) is 2.97. The molecule has 21 heavy (non-hydrogen) atoms. The van der Waals surface area contributed by atoms with Gasteiger partial charge in [-0.1, -0.05) is 24.3 Å². The van der Waals surface area contributed by atoms with Gasteiger partial charge >= 0.3 is 0 Å². The molecular weight excluding hydrogens is 266 g/mol. The zero-order valence-corrected chi connectivity index (χ0v) is 12.4. The zero-order chi connectivity index (χ0) is 15.2. The second-order valence-corrected chi connectivity index (χ2v) is 5.88. The minimum atomic E-state index is -0.482. The Hall–Kier alpha value is -1.43. The van der Waals surface area contributed by atoms with Crippen LogP contribution >= 0.6 is 0 Å². The Morgan fingerprint density at radius 2 is 1.90 bits per heavy atom. The molecule has 0 bridgehead atoms. The molecule has 5 nitrogen and oxygen atoms in total. The maximum Gasteiger partial charge on any atom is 0.217 e. The number of carbonyl (C=O) groups excluding carboxylic acids is 1. The smallest absolute Gasteiger partial charge is 0.217 e. The number of rotatable bonds is 6. The summed E-state index contributed by atoms with van der Waals surface area (Å²) in [7, 11) is 0. The normalized spacial score (nSPS) is 18.6. The van der Waals surface area contributed by atoms with Crippen molar-refractivity contribution in [3.05, 3.63) is 35.4 Å². The van der Waals surface area contributed by atoms with Crippen LogP contribution in [0.25, 0.3) is 0 Å². The summed E-state index contributed by atoms with van der Waals surface area (Å²) in [6, 6.07) is 7.79. The van der Waals surface area contributed by atoms with Crippen LogP contribution in [0.4, 0.5) is 0 Å². The van der Waals surface area contributed by atoms with E-state index in [0.717, 1.165) is 37.1 Å². The van der Waals surface area contributed by atoms with Crippen molar-refractivity contribution in [2.75, 3.05) is 19.6 Å². The number of amides is 1. The highest BCUT2D eigenvalue weighted by atomic mass is 16.3. The second-order valence-electron chi connectivity index (χ2n) is 5.88. The molecule has 2 rings (SSSR count). The topological polar surface area (TPSA) is 92.6 Å². The molecule has 5 N–H and O–H groups in total. The van der Waals surface area contributed by atoms with Gasteiger partial charge in [0.25, 0.3) is 0 Å². The van der Waals surface area contributed by atoms with Crippen molar-refractivity contribution in [1.29, 1.82) is 0 Å². The Kier molecular flexibility index (Phi) is 5.73. The minimum absolute atomic E-state index is 0.214. The zero-order valence-electron chi connectivity index (χ0n) is 12.4. The number of carbonyl (C=O) groups is 1. The number of primary amides is 1. The third kappa shape index (κ3) is 4.81. The average molecular weight is 291 g/mol. The Balaban J connectivity index is 1.80. The molecule has 116 valence electrons. The lowest BCUT2D eigenvalue weighted by molar-refractivity contribution is -0.119. The lowest BCUT2D eigenvalue weighted by Crippen LogP contribution is -2.37. The maximum absolute atomic E-state index is 10.9. The molecule has 0 aliphatic carbocycles. The first-order valence-corrected chi connectivity index (χ1v) is 7.56. The summed E-state index contributed by atoms with van der Waals surface area (Å²) in [5, 5.41) is 10.3. The molecule has 1 unspecified atom stereocenters. The molecule has 0 saturated carbocycles. The number of benzene rings is 1. The second kappa shape index (κ2) is 7.54. The maximum atomic E-state index is 10.9. The van der Waals surface area contributed by atoms with Crippen LogP contribution in [0, 0.1) is 5.92 Å². The van der Waals surface area contributed by atoms with E-state index in [1.54, 1.807) is 0 Å². The van der Waals surface area contributed by atoms with Gasteiger partial charge in [-0.25, -0.2) is 0 Å². The van der Waals surface area contributed by atoms with Gasteiger partial charge in [-0.3, -0.25) is 4.79 Å². The van der Waals surface area contributed by atoms with E-state index in [1.807, 2.05) is 24.3 Å². The van der Waals surface area contributed by atoms with Crippen LogP contribution in [-0.4, -0.2) is 35.5 Å². The van der Waals surface area contributed by atoms with Crippen molar-refractivity contribution in [3.63, 3.8) is 0 Å². The van der Waals surface area contributed by atoms with E-state index in [2.05, 4.69) is 4.90 Å². The summed E-state index contributed by atoms with van der Waals surface area (Å²) in [4.78, 5) is 13.2. The van der Waals surface area contributed by atoms with Gasteiger partial charge in [-0.05, 0) is 43.0 Å². The van der Waals surface area contributed by atoms with Gasteiger partial charge < -0.3 is 21.5 Å². The monoisotopic (exact) mass is 291 g/mol. The molecule has 1 heterocycles. The van der Waals surface area contributed by atoms with Gasteiger partial charge in [0.15, 0.2) is 0 Å². The van der Waals surface area contributed by atoms with Gasteiger partial charge in [0.05, 0.1) is 6.10 Å². The molecule has 0 aromatic heterocycles. The third-order valence-corrected chi connectivity index (χ3v) is 4.23. The molecule has 1 aliphatic heterocycles. The highest BCUT2D eigenvalue weighted by molar-refractivity contribution is 5.73. The fourth-order valence-corrected chi connectivity index (χ4v) is 2.88. The first-order chi connectivity index (χ1) is 10.1. The molecule has 1 aliphatic rings. The van der Waals surface area contributed by atoms with Crippen LogP contribution in [0.5, 0.6) is 0 Å². The molecule has 1 atom stereocenters. The highest BCUT2D eigenvalue weighted by Gasteiger charge is 2.22. The van der Waals surface area contributed by atoms with Crippen LogP contribution in [0.3, 0.4) is 0 Å². The van der Waals surface area contributed by atoms with E-state index in [1.165, 1.54) is 0 Å². The Labute approximate surface area is 125 Å². The quantitative estimate of drug-likeness (QED) is 0.721. The van der Waals surface area contributed by atoms with Gasteiger partial charge in [0.2, 0.25) is 5.91 Å². The molecule has 0 radical (unpaired) electrons. The summed E-state index contributed by atoms with van der Waals surface area (Å²) in [5.41, 5.74) is 12.8. The Bertz CT molecular complexity index is 453. The molecule has 1 amide bonds. The first kappa shape index (κ1) is 15.9. The molecule has 1 saturated heterocycles. The van der Waals surface area contributed by atoms with Crippen molar-refractivity contribution in [2.24, 2.45) is 17.4 Å². The Morgan fingerprint density at radius 1 is 1.29 bits per heavy atom. The van der Waals surface area contributed by atoms with E-state index in [9.17, 15) is 9.90 Å². The van der Waals surface area contributed by atoms with E-state index in [0.29, 0.717) is 25.4 Å². The van der Waals surface area contributed by atoms with Crippen LogP contribution < -0.4 is 11.5 Å². The van der Waals surface area contributed by atoms with Crippen molar-refractivity contribution in [3.8, 4) is 0 Å². The van der Waals surface area contributed by atoms with E-state index in [4.69, 9.17) is 11.5 Å². The van der Waals surface area contributed by atoms with Gasteiger partial charge in [0, 0.05) is 19.5 Å². The molecule has 1 aromatic rings. The number of hydrogen-bond donors (Lipinski definition) is 3. The lowest BCUT2D eigenvalue weighted by atomic mass is 9.93. The number of nitrogens with zero attached hydrogens (tertiary/aromatic N) is 1. The summed E-state index contributed by atoms with van der Waals surface area (Å²) in [6.07, 6.45) is 1.95. The highest BCUT2D eigenvalue weighted by Crippen LogP contribution is 2.22.